The van der Waals surface area contributed by atoms with Crippen molar-refractivity contribution in [1.29, 1.82) is 0 Å². The smallest absolute Gasteiger partial charge is 0.376 e. The highest BCUT2D eigenvalue weighted by Crippen LogP contribution is 2.27. The van der Waals surface area contributed by atoms with Gasteiger partial charge in [0.05, 0.1) is 12.8 Å². The molecule has 1 aliphatic carbocycles. The van der Waals surface area contributed by atoms with Crippen molar-refractivity contribution in [3.63, 3.8) is 0 Å². The fraction of sp³-hybridized carbons (Fsp3) is 0.476. The van der Waals surface area contributed by atoms with Crippen LogP contribution in [0.3, 0.4) is 0 Å². The van der Waals surface area contributed by atoms with Crippen molar-refractivity contribution in [1.82, 2.24) is 15.2 Å². The number of hydrogen-bond acceptors (Lipinski definition) is 7. The van der Waals surface area contributed by atoms with Gasteiger partial charge in [-0.3, -0.25) is 9.69 Å². The lowest BCUT2D eigenvalue weighted by molar-refractivity contribution is -0.127. The third kappa shape index (κ3) is 4.59. The number of oxazole rings is 1. The lowest BCUT2D eigenvalue weighted by Crippen LogP contribution is -2.51. The number of nitrogens with one attached hydrogen (secondary N) is 1. The average Bonchev–Trinajstić information content (AvgIpc) is 3.41. The summed E-state index contributed by atoms with van der Waals surface area (Å²) in [5.41, 5.74) is 1.000. The Morgan fingerprint density at radius 2 is 1.93 bits per heavy atom. The molecule has 29 heavy (non-hydrogen) atoms. The summed E-state index contributed by atoms with van der Waals surface area (Å²) >= 11 is 0. The van der Waals surface area contributed by atoms with Gasteiger partial charge in [0.1, 0.15) is 6.04 Å². The molecule has 0 radical (unpaired) electrons. The Balaban J connectivity index is 1.42. The number of anilines is 1. The molecule has 2 aromatic rings. The summed E-state index contributed by atoms with van der Waals surface area (Å²) in [4.78, 5) is 33.1. The van der Waals surface area contributed by atoms with E-state index in [9.17, 15) is 9.59 Å². The van der Waals surface area contributed by atoms with Gasteiger partial charge in [0.25, 0.3) is 6.01 Å². The zero-order chi connectivity index (χ0) is 20.2. The molecule has 0 bridgehead atoms. The molecule has 1 saturated heterocycles. The first-order valence-corrected chi connectivity index (χ1v) is 10.1. The molecule has 2 fully saturated rings. The molecular formula is C21H26N4O4. The molecule has 8 nitrogen and oxygen atoms in total. The number of ether oxygens (including phenoxy) is 1. The zero-order valence-electron chi connectivity index (χ0n) is 16.5. The van der Waals surface area contributed by atoms with Crippen molar-refractivity contribution in [3.05, 3.63) is 47.9 Å². The Kier molecular flexibility index (Phi) is 5.80. The third-order valence-electron chi connectivity index (χ3n) is 5.21. The Morgan fingerprint density at radius 1 is 1.21 bits per heavy atom. The van der Waals surface area contributed by atoms with E-state index in [0.29, 0.717) is 38.2 Å². The maximum absolute atomic E-state index is 12.9. The minimum atomic E-state index is -0.509. The van der Waals surface area contributed by atoms with E-state index in [1.54, 1.807) is 6.92 Å². The van der Waals surface area contributed by atoms with Gasteiger partial charge in [-0.25, -0.2) is 9.78 Å². The van der Waals surface area contributed by atoms with E-state index in [1.807, 2.05) is 35.2 Å². The number of amides is 1. The molecule has 1 aliphatic heterocycles. The number of nitrogens with zero attached hydrogens (tertiary/aromatic N) is 3. The van der Waals surface area contributed by atoms with Crippen molar-refractivity contribution in [2.45, 2.75) is 31.8 Å². The number of esters is 1. The van der Waals surface area contributed by atoms with Gasteiger partial charge in [0, 0.05) is 32.2 Å². The van der Waals surface area contributed by atoms with Crippen LogP contribution in [0.15, 0.2) is 40.9 Å². The Labute approximate surface area is 169 Å². The molecule has 2 aliphatic rings. The van der Waals surface area contributed by atoms with Crippen LogP contribution in [0.2, 0.25) is 0 Å². The van der Waals surface area contributed by atoms with Gasteiger partial charge in [-0.2, -0.15) is 0 Å². The molecule has 1 aromatic carbocycles. The third-order valence-corrected chi connectivity index (χ3v) is 5.21. The number of carbonyl (C=O) groups is 2. The SMILES string of the molecule is CCOC(=O)c1cnc(N2CCN(C(C(=O)NC3CC3)c3ccccc3)CC2)o1. The van der Waals surface area contributed by atoms with E-state index in [0.717, 1.165) is 18.4 Å². The summed E-state index contributed by atoms with van der Waals surface area (Å²) in [5.74, 6) is -0.339. The van der Waals surface area contributed by atoms with Crippen molar-refractivity contribution < 1.29 is 18.7 Å². The predicted molar refractivity (Wildman–Crippen MR) is 107 cm³/mol. The Hall–Kier alpha value is -2.87. The molecule has 1 aromatic heterocycles. The van der Waals surface area contributed by atoms with Gasteiger partial charge in [-0.1, -0.05) is 30.3 Å². The van der Waals surface area contributed by atoms with Crippen LogP contribution in [0.5, 0.6) is 0 Å². The number of carbonyl (C=O) groups excluding carboxylic acids is 2. The first-order chi connectivity index (χ1) is 14.2. The van der Waals surface area contributed by atoms with Gasteiger partial charge in [0.2, 0.25) is 11.7 Å². The van der Waals surface area contributed by atoms with Crippen molar-refractivity contribution in [3.8, 4) is 0 Å². The summed E-state index contributed by atoms with van der Waals surface area (Å²) in [6.45, 7) is 4.73. The first kappa shape index (κ1) is 19.4. The molecule has 1 saturated carbocycles. The number of piperazine rings is 1. The Bertz CT molecular complexity index is 841. The molecule has 4 rings (SSSR count). The van der Waals surface area contributed by atoms with Crippen LogP contribution in [-0.2, 0) is 9.53 Å². The molecule has 0 spiro atoms. The molecule has 1 amide bonds. The van der Waals surface area contributed by atoms with Crippen LogP contribution in [-0.4, -0.2) is 60.6 Å². The highest BCUT2D eigenvalue weighted by molar-refractivity contribution is 5.86. The highest BCUT2D eigenvalue weighted by atomic mass is 16.5. The van der Waals surface area contributed by atoms with Gasteiger partial charge < -0.3 is 19.4 Å². The van der Waals surface area contributed by atoms with Crippen LogP contribution in [0.1, 0.15) is 41.9 Å². The van der Waals surface area contributed by atoms with Crippen LogP contribution in [0.4, 0.5) is 6.01 Å². The summed E-state index contributed by atoms with van der Waals surface area (Å²) in [5, 5.41) is 3.14. The zero-order valence-corrected chi connectivity index (χ0v) is 16.5. The lowest BCUT2D eigenvalue weighted by atomic mass is 10.0. The predicted octanol–water partition coefficient (Wildman–Crippen LogP) is 1.99. The quantitative estimate of drug-likeness (QED) is 0.714. The van der Waals surface area contributed by atoms with Crippen LogP contribution in [0.25, 0.3) is 0 Å². The second kappa shape index (κ2) is 8.65. The number of hydrogen-bond donors (Lipinski definition) is 1. The first-order valence-electron chi connectivity index (χ1n) is 10.1. The fourth-order valence-corrected chi connectivity index (χ4v) is 3.55. The monoisotopic (exact) mass is 398 g/mol. The summed E-state index contributed by atoms with van der Waals surface area (Å²) in [6, 6.07) is 10.3. The molecule has 1 atom stereocenters. The minimum Gasteiger partial charge on any atom is -0.460 e. The van der Waals surface area contributed by atoms with E-state index >= 15 is 0 Å². The molecule has 8 heteroatoms. The molecular weight excluding hydrogens is 372 g/mol. The van der Waals surface area contributed by atoms with Gasteiger partial charge >= 0.3 is 5.97 Å². The largest absolute Gasteiger partial charge is 0.460 e. The van der Waals surface area contributed by atoms with E-state index in [4.69, 9.17) is 9.15 Å². The van der Waals surface area contributed by atoms with Crippen LogP contribution >= 0.6 is 0 Å². The van der Waals surface area contributed by atoms with E-state index < -0.39 is 5.97 Å². The molecule has 1 N–H and O–H groups in total. The van der Waals surface area contributed by atoms with E-state index in [-0.39, 0.29) is 24.3 Å². The van der Waals surface area contributed by atoms with Crippen molar-refractivity contribution >= 4 is 17.9 Å². The average molecular weight is 398 g/mol. The molecule has 154 valence electrons. The van der Waals surface area contributed by atoms with Crippen molar-refractivity contribution in [2.75, 3.05) is 37.7 Å². The van der Waals surface area contributed by atoms with Gasteiger partial charge in [0.15, 0.2) is 0 Å². The topological polar surface area (TPSA) is 87.9 Å². The number of aromatic nitrogens is 1. The normalized spacial score (nSPS) is 18.3. The standard InChI is InChI=1S/C21H26N4O4/c1-2-28-20(27)17-14-22-21(29-17)25-12-10-24(11-13-25)18(15-6-4-3-5-7-15)19(26)23-16-8-9-16/h3-7,14,16,18H,2,8-13H2,1H3,(H,23,26). The minimum absolute atomic E-state index is 0.0628. The fourth-order valence-electron chi connectivity index (χ4n) is 3.55. The summed E-state index contributed by atoms with van der Waals surface area (Å²) < 4.78 is 10.5. The lowest BCUT2D eigenvalue weighted by Gasteiger charge is -2.38. The Morgan fingerprint density at radius 3 is 2.59 bits per heavy atom. The second-order valence-electron chi connectivity index (χ2n) is 7.35. The maximum Gasteiger partial charge on any atom is 0.376 e. The maximum atomic E-state index is 12.9. The summed E-state index contributed by atoms with van der Waals surface area (Å²) in [6.07, 6.45) is 3.53. The van der Waals surface area contributed by atoms with E-state index in [2.05, 4.69) is 15.2 Å². The number of benzene rings is 1. The van der Waals surface area contributed by atoms with Crippen LogP contribution in [0, 0.1) is 0 Å². The molecule has 1 unspecified atom stereocenters. The highest BCUT2D eigenvalue weighted by Gasteiger charge is 2.34. The van der Waals surface area contributed by atoms with Gasteiger partial charge in [-0.15, -0.1) is 0 Å². The summed E-state index contributed by atoms with van der Waals surface area (Å²) in [7, 11) is 0. The van der Waals surface area contributed by atoms with Gasteiger partial charge in [-0.05, 0) is 25.3 Å². The van der Waals surface area contributed by atoms with Crippen molar-refractivity contribution in [2.24, 2.45) is 0 Å². The molecule has 2 heterocycles. The second-order valence-corrected chi connectivity index (χ2v) is 7.35. The van der Waals surface area contributed by atoms with Crippen LogP contribution < -0.4 is 10.2 Å². The number of rotatable bonds is 7. The van der Waals surface area contributed by atoms with E-state index in [1.165, 1.54) is 6.20 Å².